The summed E-state index contributed by atoms with van der Waals surface area (Å²) in [6, 6.07) is 14.8. The van der Waals surface area contributed by atoms with Gasteiger partial charge in [0.15, 0.2) is 17.2 Å². The van der Waals surface area contributed by atoms with Crippen molar-refractivity contribution in [3.63, 3.8) is 0 Å². The normalized spacial score (nSPS) is 32.7. The molecule has 1 spiro atoms. The molecule has 404 valence electrons. The highest BCUT2D eigenvalue weighted by atomic mass is 16.8. The molecule has 8 rings (SSSR count). The Morgan fingerprint density at radius 3 is 2.16 bits per heavy atom. The van der Waals surface area contributed by atoms with Crippen LogP contribution in [0.25, 0.3) is 0 Å². The molecule has 6 aliphatic rings. The predicted octanol–water partition coefficient (Wildman–Crippen LogP) is 6.80. The molecule has 2 saturated heterocycles. The predicted molar refractivity (Wildman–Crippen MR) is 260 cm³/mol. The van der Waals surface area contributed by atoms with Crippen LogP contribution in [-0.4, -0.2) is 140 Å². The summed E-state index contributed by atoms with van der Waals surface area (Å²) in [6.07, 6.45) is -7.46. The Labute approximate surface area is 431 Å². The van der Waals surface area contributed by atoms with Crippen LogP contribution in [0.3, 0.4) is 0 Å². The van der Waals surface area contributed by atoms with Crippen LogP contribution in [0.5, 0.6) is 0 Å². The summed E-state index contributed by atoms with van der Waals surface area (Å²) in [5.41, 5.74) is -7.31. The number of methoxy groups -OCH3 is 2. The number of amides is 1. The number of rotatable bonds is 13. The summed E-state index contributed by atoms with van der Waals surface area (Å²) in [4.78, 5) is 86.6. The van der Waals surface area contributed by atoms with Gasteiger partial charge in [-0.05, 0) is 76.3 Å². The maximum absolute atomic E-state index is 15.9. The maximum Gasteiger partial charge on any atom is 0.509 e. The zero-order chi connectivity index (χ0) is 53.6. The van der Waals surface area contributed by atoms with Gasteiger partial charge in [-0.3, -0.25) is 9.59 Å². The Hall–Kier alpha value is -5.44. The van der Waals surface area contributed by atoms with E-state index in [2.05, 4.69) is 5.32 Å². The first-order chi connectivity index (χ1) is 34.9. The molecule has 74 heavy (non-hydrogen) atoms. The molecule has 19 nitrogen and oxygen atoms in total. The van der Waals surface area contributed by atoms with Crippen molar-refractivity contribution in [1.82, 2.24) is 5.32 Å². The smallest absolute Gasteiger partial charge is 0.455 e. The van der Waals surface area contributed by atoms with Gasteiger partial charge in [0.25, 0.3) is 0 Å². The standard InChI is InChI=1S/C55H71NO18/c1-31-36(69-47(60)42(40(33-20-14-11-15-21-33)56-48(61)74-50(3,4)5)70-49(62)66-28-35-29-68-53(73-35)24-18-13-19-25-53)27-55(63)45(71-46(59)34-22-16-12-17-23-34)43-52(8,44(58)41(65-10)39(31)51(55,6)7)37(64-9)26-38-54(43,30-67-38)72-32(2)57/h11-12,14-17,20-23,35-38,40-43,45,63H,13,18-19,24-30H2,1-10H3,(H,56,61)/t35-,36-,37-,38+,40-,41+,42+,43-,45-,52+,54-,55+/m0/s1. The molecular formula is C55H71NO18. The molecule has 0 radical (unpaired) electrons. The lowest BCUT2D eigenvalue weighted by atomic mass is 9.44. The van der Waals surface area contributed by atoms with Crippen LogP contribution in [0.4, 0.5) is 9.59 Å². The molecule has 2 aromatic rings. The molecule has 0 unspecified atom stereocenters. The minimum atomic E-state index is -2.31. The van der Waals surface area contributed by atoms with Crippen LogP contribution in [0, 0.1) is 16.7 Å². The first kappa shape index (κ1) is 54.8. The van der Waals surface area contributed by atoms with E-state index >= 15 is 9.59 Å². The molecule has 3 saturated carbocycles. The van der Waals surface area contributed by atoms with E-state index in [1.165, 1.54) is 33.3 Å². The van der Waals surface area contributed by atoms with Gasteiger partial charge in [0.05, 0.1) is 36.2 Å². The van der Waals surface area contributed by atoms with Gasteiger partial charge >= 0.3 is 30.2 Å². The third-order valence-electron chi connectivity index (χ3n) is 16.2. The van der Waals surface area contributed by atoms with E-state index in [-0.39, 0.29) is 37.4 Å². The van der Waals surface area contributed by atoms with Crippen molar-refractivity contribution in [3.05, 3.63) is 82.9 Å². The molecular weight excluding hydrogens is 963 g/mol. The topological polar surface area (TPSA) is 236 Å². The van der Waals surface area contributed by atoms with E-state index < -0.39 is 130 Å². The molecule has 2 aliphatic heterocycles. The largest absolute Gasteiger partial charge is 0.509 e. The number of carbonyl (C=O) groups is 6. The molecule has 2 heterocycles. The van der Waals surface area contributed by atoms with Gasteiger partial charge in [0, 0.05) is 52.2 Å². The number of hydrogen-bond acceptors (Lipinski definition) is 18. The SMILES string of the molecule is CO[C@H]1C(=O)[C@]2(C)[C@@H](OC)C[C@H]3OC[C@@]3(OC(C)=O)[C@H]2[C@H](OC(=O)c2ccccc2)[C@]2(O)C[C@H](OC(=O)[C@H](OC(=O)OC[C@H]3COC4(CCCCC4)O3)[C@@H](NC(=O)OC(C)(C)C)c3ccccc3)C(C)=C1C2(C)C. The summed E-state index contributed by atoms with van der Waals surface area (Å²) in [7, 11) is 2.77. The lowest BCUT2D eigenvalue weighted by molar-refractivity contribution is -0.347. The monoisotopic (exact) mass is 1030 g/mol. The van der Waals surface area contributed by atoms with Crippen LogP contribution in [0.1, 0.15) is 122 Å². The molecule has 0 aromatic heterocycles. The number of benzene rings is 2. The third kappa shape index (κ3) is 10.1. The number of nitrogens with one attached hydrogen (secondary N) is 1. The number of ketones is 1. The fourth-order valence-corrected chi connectivity index (χ4v) is 12.5. The highest BCUT2D eigenvalue weighted by Gasteiger charge is 2.78. The first-order valence-electron chi connectivity index (χ1n) is 25.4. The minimum absolute atomic E-state index is 0.0877. The summed E-state index contributed by atoms with van der Waals surface area (Å²) in [5, 5.41) is 16.7. The van der Waals surface area contributed by atoms with Gasteiger partial charge in [-0.15, -0.1) is 0 Å². The number of ether oxygens (including phenoxy) is 11. The van der Waals surface area contributed by atoms with Gasteiger partial charge in [0.1, 0.15) is 54.4 Å². The molecule has 19 heteroatoms. The Morgan fingerprint density at radius 1 is 0.905 bits per heavy atom. The number of carbonyl (C=O) groups excluding carboxylic acids is 6. The second-order valence-electron chi connectivity index (χ2n) is 22.2. The number of alkyl carbamates (subject to hydrolysis) is 1. The summed E-state index contributed by atoms with van der Waals surface area (Å²) in [6.45, 7) is 12.4. The van der Waals surface area contributed by atoms with Crippen molar-refractivity contribution >= 4 is 35.9 Å². The summed E-state index contributed by atoms with van der Waals surface area (Å²) in [5.74, 6) is -5.48. The van der Waals surface area contributed by atoms with Gasteiger partial charge in [-0.25, -0.2) is 19.2 Å². The van der Waals surface area contributed by atoms with Gasteiger partial charge in [0.2, 0.25) is 6.10 Å². The van der Waals surface area contributed by atoms with E-state index in [0.29, 0.717) is 24.0 Å². The summed E-state index contributed by atoms with van der Waals surface area (Å²) >= 11 is 0. The number of esters is 3. The molecule has 12 atom stereocenters. The number of Topliss-reactive ketones (excluding diaryl/α,β-unsaturated/α-hetero) is 1. The van der Waals surface area contributed by atoms with Crippen molar-refractivity contribution < 1.29 is 86.0 Å². The van der Waals surface area contributed by atoms with Crippen LogP contribution >= 0.6 is 0 Å². The molecule has 2 N–H and O–H groups in total. The van der Waals surface area contributed by atoms with E-state index in [4.69, 9.17) is 52.1 Å². The Bertz CT molecular complexity index is 2470. The van der Waals surface area contributed by atoms with Crippen molar-refractivity contribution in [2.24, 2.45) is 16.7 Å². The quantitative estimate of drug-likeness (QED) is 0.119. The zero-order valence-electron chi connectivity index (χ0n) is 43.9. The van der Waals surface area contributed by atoms with E-state index in [9.17, 15) is 24.3 Å². The molecule has 1 amide bonds. The second kappa shape index (κ2) is 20.9. The van der Waals surface area contributed by atoms with Crippen molar-refractivity contribution in [3.8, 4) is 0 Å². The Morgan fingerprint density at radius 2 is 1.57 bits per heavy atom. The zero-order valence-corrected chi connectivity index (χ0v) is 43.9. The molecule has 4 aliphatic carbocycles. The van der Waals surface area contributed by atoms with E-state index in [1.54, 1.807) is 97.0 Å². The Kier molecular flexibility index (Phi) is 15.5. The maximum atomic E-state index is 15.9. The van der Waals surface area contributed by atoms with Gasteiger partial charge in [-0.2, -0.15) is 0 Å². The lowest BCUT2D eigenvalue weighted by Crippen LogP contribution is -2.82. The Balaban J connectivity index is 1.23. The average Bonchev–Trinajstić information content (AvgIpc) is 3.74. The first-order valence-corrected chi connectivity index (χ1v) is 25.4. The van der Waals surface area contributed by atoms with Crippen LogP contribution < -0.4 is 5.32 Å². The highest BCUT2D eigenvalue weighted by molar-refractivity contribution is 5.94. The van der Waals surface area contributed by atoms with Crippen molar-refractivity contribution in [1.29, 1.82) is 0 Å². The summed E-state index contributed by atoms with van der Waals surface area (Å²) < 4.78 is 67.1. The number of aliphatic hydroxyl groups is 1. The van der Waals surface area contributed by atoms with Crippen molar-refractivity contribution in [2.75, 3.05) is 34.0 Å². The van der Waals surface area contributed by atoms with Crippen LogP contribution in [0.15, 0.2) is 71.8 Å². The van der Waals surface area contributed by atoms with Crippen LogP contribution in [0.2, 0.25) is 0 Å². The second-order valence-corrected chi connectivity index (χ2v) is 22.2. The van der Waals surface area contributed by atoms with Gasteiger partial charge in [-0.1, -0.05) is 68.8 Å². The molecule has 2 aromatic carbocycles. The third-order valence-corrected chi connectivity index (χ3v) is 16.2. The molecule has 2 bridgehead atoms. The minimum Gasteiger partial charge on any atom is -0.455 e. The lowest BCUT2D eigenvalue weighted by Gasteiger charge is -2.67. The fraction of sp³-hybridized carbons (Fsp3) is 0.636. The van der Waals surface area contributed by atoms with Crippen LogP contribution in [-0.2, 0) is 66.5 Å². The fourth-order valence-electron chi connectivity index (χ4n) is 12.5. The van der Waals surface area contributed by atoms with E-state index in [0.717, 1.165) is 19.3 Å². The molecule has 5 fully saturated rings. The highest BCUT2D eigenvalue weighted by Crippen LogP contribution is 2.65. The number of hydrogen-bond donors (Lipinski definition) is 2. The number of fused-ring (bicyclic) bond motifs is 5. The van der Waals surface area contributed by atoms with E-state index in [1.807, 2.05) is 0 Å². The van der Waals surface area contributed by atoms with Crippen molar-refractivity contribution in [2.45, 2.75) is 172 Å². The average molecular weight is 1030 g/mol. The van der Waals surface area contributed by atoms with Gasteiger partial charge < -0.3 is 62.5 Å².